The lowest BCUT2D eigenvalue weighted by Crippen LogP contribution is -2.48. The summed E-state index contributed by atoms with van der Waals surface area (Å²) < 4.78 is 5.67. The van der Waals surface area contributed by atoms with Gasteiger partial charge in [0, 0.05) is 27.7 Å². The topological polar surface area (TPSA) is 45.7 Å². The van der Waals surface area contributed by atoms with Crippen LogP contribution in [-0.4, -0.2) is 39.3 Å². The van der Waals surface area contributed by atoms with Crippen molar-refractivity contribution in [2.24, 2.45) is 4.99 Å². The Morgan fingerprint density at radius 3 is 2.38 bits per heavy atom. The number of aliphatic imine (C=N–C) groups is 1. The first kappa shape index (κ1) is 16.0. The number of nitrogens with zero attached hydrogens (tertiary/aromatic N) is 1. The molecule has 1 rings (SSSR count). The summed E-state index contributed by atoms with van der Waals surface area (Å²) in [5, 5.41) is 6.31. The van der Waals surface area contributed by atoms with E-state index >= 15 is 0 Å². The molecule has 1 saturated carbocycles. The lowest BCUT2D eigenvalue weighted by molar-refractivity contribution is -0.0346. The Morgan fingerprint density at radius 1 is 1.31 bits per heavy atom. The fourth-order valence-corrected chi connectivity index (χ4v) is 2.17. The number of halogens is 1. The molecule has 0 unspecified atom stereocenters. The first-order valence-corrected chi connectivity index (χ1v) is 5.70. The number of ether oxygens (including phenoxy) is 1. The van der Waals surface area contributed by atoms with Crippen molar-refractivity contribution in [2.45, 2.75) is 37.7 Å². The zero-order chi connectivity index (χ0) is 11.1. The highest BCUT2D eigenvalue weighted by molar-refractivity contribution is 14.0. The lowest BCUT2D eigenvalue weighted by Gasteiger charge is -2.36. The molecular formula is C11H24IN3O. The molecule has 0 spiro atoms. The van der Waals surface area contributed by atoms with Crippen LogP contribution in [0.1, 0.15) is 32.1 Å². The van der Waals surface area contributed by atoms with Gasteiger partial charge in [-0.05, 0) is 12.8 Å². The van der Waals surface area contributed by atoms with E-state index in [9.17, 15) is 0 Å². The maximum absolute atomic E-state index is 5.67. The zero-order valence-corrected chi connectivity index (χ0v) is 12.8. The molecule has 2 N–H and O–H groups in total. The van der Waals surface area contributed by atoms with E-state index in [1.54, 1.807) is 7.05 Å². The van der Waals surface area contributed by atoms with Gasteiger partial charge in [0.15, 0.2) is 5.96 Å². The van der Waals surface area contributed by atoms with Gasteiger partial charge in [-0.25, -0.2) is 0 Å². The van der Waals surface area contributed by atoms with Crippen LogP contribution in [0.25, 0.3) is 0 Å². The quantitative estimate of drug-likeness (QED) is 0.467. The van der Waals surface area contributed by atoms with Gasteiger partial charge in [0.2, 0.25) is 0 Å². The molecule has 0 bridgehead atoms. The predicted molar refractivity (Wildman–Crippen MR) is 78.7 cm³/mol. The molecule has 0 heterocycles. The molecule has 0 aliphatic heterocycles. The first-order valence-electron chi connectivity index (χ1n) is 5.70. The standard InChI is InChI=1S/C11H23N3O.HI/c1-12-10(13-2)14-9-11(15-3)7-5-4-6-8-11;/h4-9H2,1-3H3,(H2,12,13,14);1H. The van der Waals surface area contributed by atoms with Gasteiger partial charge in [0.1, 0.15) is 0 Å². The highest BCUT2D eigenvalue weighted by Crippen LogP contribution is 2.30. The summed E-state index contributed by atoms with van der Waals surface area (Å²) in [5.41, 5.74) is 0.0189. The molecule has 4 nitrogen and oxygen atoms in total. The number of guanidine groups is 1. The fraction of sp³-hybridized carbons (Fsp3) is 0.909. The summed E-state index contributed by atoms with van der Waals surface area (Å²) in [6, 6.07) is 0. The number of hydrogen-bond acceptors (Lipinski definition) is 2. The predicted octanol–water partition coefficient (Wildman–Crippen LogP) is 1.75. The van der Waals surface area contributed by atoms with Crippen LogP contribution in [0.5, 0.6) is 0 Å². The average Bonchev–Trinajstić information content (AvgIpc) is 2.31. The molecule has 0 aromatic heterocycles. The van der Waals surface area contributed by atoms with E-state index in [1.165, 1.54) is 19.3 Å². The Kier molecular flexibility index (Phi) is 8.09. The smallest absolute Gasteiger partial charge is 0.190 e. The third-order valence-corrected chi connectivity index (χ3v) is 3.24. The van der Waals surface area contributed by atoms with Crippen LogP contribution in [0.15, 0.2) is 4.99 Å². The van der Waals surface area contributed by atoms with Gasteiger partial charge in [0.05, 0.1) is 5.60 Å². The van der Waals surface area contributed by atoms with Gasteiger partial charge in [0.25, 0.3) is 0 Å². The number of methoxy groups -OCH3 is 1. The Morgan fingerprint density at radius 2 is 1.94 bits per heavy atom. The summed E-state index contributed by atoms with van der Waals surface area (Å²) in [7, 11) is 5.46. The fourth-order valence-electron chi connectivity index (χ4n) is 2.17. The SMILES string of the molecule is CN=C(NC)NCC1(OC)CCCCC1.I. The van der Waals surface area contributed by atoms with Crippen LogP contribution < -0.4 is 10.6 Å². The van der Waals surface area contributed by atoms with E-state index < -0.39 is 0 Å². The third-order valence-electron chi connectivity index (χ3n) is 3.24. The van der Waals surface area contributed by atoms with Crippen LogP contribution in [-0.2, 0) is 4.74 Å². The molecule has 1 aliphatic rings. The minimum absolute atomic E-state index is 0. The van der Waals surface area contributed by atoms with Gasteiger partial charge in [-0.1, -0.05) is 19.3 Å². The van der Waals surface area contributed by atoms with Crippen LogP contribution >= 0.6 is 24.0 Å². The van der Waals surface area contributed by atoms with Crippen molar-refractivity contribution in [2.75, 3.05) is 27.7 Å². The minimum atomic E-state index is 0. The van der Waals surface area contributed by atoms with Gasteiger partial charge < -0.3 is 15.4 Å². The normalized spacial score (nSPS) is 19.8. The minimum Gasteiger partial charge on any atom is -0.376 e. The molecule has 0 aromatic rings. The maximum Gasteiger partial charge on any atom is 0.190 e. The lowest BCUT2D eigenvalue weighted by atomic mass is 9.84. The van der Waals surface area contributed by atoms with Gasteiger partial charge in [-0.15, -0.1) is 24.0 Å². The first-order chi connectivity index (χ1) is 7.26. The van der Waals surface area contributed by atoms with E-state index in [0.29, 0.717) is 0 Å². The van der Waals surface area contributed by atoms with Crippen molar-refractivity contribution in [1.29, 1.82) is 0 Å². The molecule has 96 valence electrons. The molecule has 0 radical (unpaired) electrons. The Hall–Kier alpha value is -0.0400. The van der Waals surface area contributed by atoms with Gasteiger partial charge in [-0.3, -0.25) is 4.99 Å². The van der Waals surface area contributed by atoms with Crippen molar-refractivity contribution in [3.8, 4) is 0 Å². The summed E-state index contributed by atoms with van der Waals surface area (Å²) in [4.78, 5) is 4.10. The van der Waals surface area contributed by atoms with E-state index in [1.807, 2.05) is 14.2 Å². The van der Waals surface area contributed by atoms with E-state index in [2.05, 4.69) is 15.6 Å². The number of hydrogen-bond donors (Lipinski definition) is 2. The average molecular weight is 341 g/mol. The van der Waals surface area contributed by atoms with Crippen molar-refractivity contribution in [3.05, 3.63) is 0 Å². The van der Waals surface area contributed by atoms with E-state index in [0.717, 1.165) is 25.3 Å². The van der Waals surface area contributed by atoms with Crippen LogP contribution in [0.2, 0.25) is 0 Å². The van der Waals surface area contributed by atoms with Crippen molar-refractivity contribution < 1.29 is 4.74 Å². The van der Waals surface area contributed by atoms with Gasteiger partial charge >= 0.3 is 0 Å². The van der Waals surface area contributed by atoms with Crippen LogP contribution in [0.3, 0.4) is 0 Å². The molecule has 1 fully saturated rings. The number of rotatable bonds is 3. The van der Waals surface area contributed by atoms with Crippen LogP contribution in [0, 0.1) is 0 Å². The molecule has 1 aliphatic carbocycles. The largest absolute Gasteiger partial charge is 0.376 e. The molecule has 5 heteroatoms. The molecule has 0 amide bonds. The molecule has 0 atom stereocenters. The highest BCUT2D eigenvalue weighted by Gasteiger charge is 2.31. The van der Waals surface area contributed by atoms with Crippen molar-refractivity contribution >= 4 is 29.9 Å². The Balaban J connectivity index is 0.00000225. The summed E-state index contributed by atoms with van der Waals surface area (Å²) in [6.07, 6.45) is 6.18. The van der Waals surface area contributed by atoms with Crippen LogP contribution in [0.4, 0.5) is 0 Å². The van der Waals surface area contributed by atoms with Crippen molar-refractivity contribution in [1.82, 2.24) is 10.6 Å². The monoisotopic (exact) mass is 341 g/mol. The molecule has 16 heavy (non-hydrogen) atoms. The second-order valence-electron chi connectivity index (χ2n) is 4.12. The molecule has 0 aromatic carbocycles. The van der Waals surface area contributed by atoms with E-state index in [-0.39, 0.29) is 29.6 Å². The zero-order valence-electron chi connectivity index (χ0n) is 10.5. The van der Waals surface area contributed by atoms with Crippen molar-refractivity contribution in [3.63, 3.8) is 0 Å². The third kappa shape index (κ3) is 4.45. The number of nitrogens with one attached hydrogen (secondary N) is 2. The summed E-state index contributed by atoms with van der Waals surface area (Å²) in [5.74, 6) is 0.831. The summed E-state index contributed by atoms with van der Waals surface area (Å²) >= 11 is 0. The molecular weight excluding hydrogens is 317 g/mol. The second kappa shape index (κ2) is 8.11. The van der Waals surface area contributed by atoms with E-state index in [4.69, 9.17) is 4.74 Å². The van der Waals surface area contributed by atoms with Gasteiger partial charge in [-0.2, -0.15) is 0 Å². The maximum atomic E-state index is 5.67. The highest BCUT2D eigenvalue weighted by atomic mass is 127. The molecule has 0 saturated heterocycles. The Labute approximate surface area is 116 Å². The Bertz CT molecular complexity index is 215. The second-order valence-corrected chi connectivity index (χ2v) is 4.12. The summed E-state index contributed by atoms with van der Waals surface area (Å²) in [6.45, 7) is 0.844.